The molecule has 0 N–H and O–H groups in total. The summed E-state index contributed by atoms with van der Waals surface area (Å²) < 4.78 is 0. The van der Waals surface area contributed by atoms with E-state index < -0.39 is 0 Å². The summed E-state index contributed by atoms with van der Waals surface area (Å²) in [6, 6.07) is 26.7. The molecule has 0 saturated heterocycles. The van der Waals surface area contributed by atoms with Crippen LogP contribution in [0.1, 0.15) is 124 Å². The smallest absolute Gasteiger partial charge is 0.00234 e. The lowest BCUT2D eigenvalue weighted by molar-refractivity contribution is 0.497. The fraction of sp³-hybridized carbons (Fsp3) is 0.417. The van der Waals surface area contributed by atoms with Crippen molar-refractivity contribution in [2.24, 2.45) is 5.92 Å². The van der Waals surface area contributed by atoms with Crippen molar-refractivity contribution in [3.05, 3.63) is 155 Å². The van der Waals surface area contributed by atoms with Crippen molar-refractivity contribution in [1.82, 2.24) is 0 Å². The van der Waals surface area contributed by atoms with Crippen LogP contribution in [-0.4, -0.2) is 5.75 Å². The first-order valence-electron chi connectivity index (χ1n) is 18.8. The van der Waals surface area contributed by atoms with Gasteiger partial charge in [0.15, 0.2) is 0 Å². The van der Waals surface area contributed by atoms with Gasteiger partial charge in [0.2, 0.25) is 0 Å². The largest absolute Gasteiger partial charge is 0.131 e. The van der Waals surface area contributed by atoms with E-state index in [2.05, 4.69) is 126 Å². The number of thioether (sulfide) groups is 1. The van der Waals surface area contributed by atoms with E-state index >= 15 is 0 Å². The Morgan fingerprint density at radius 1 is 0.592 bits per heavy atom. The topological polar surface area (TPSA) is 0 Å². The first-order chi connectivity index (χ1) is 23.6. The van der Waals surface area contributed by atoms with Gasteiger partial charge in [0.05, 0.1) is 0 Å². The Morgan fingerprint density at radius 3 is 1.63 bits per heavy atom. The summed E-state index contributed by atoms with van der Waals surface area (Å²) >= 11 is 2.00. The first kappa shape index (κ1) is 40.1. The Labute approximate surface area is 305 Å². The van der Waals surface area contributed by atoms with Crippen LogP contribution in [0, 0.1) is 12.8 Å². The number of hydrogen-bond acceptors (Lipinski definition) is 1. The minimum atomic E-state index is 0.700. The molecule has 0 radical (unpaired) electrons. The van der Waals surface area contributed by atoms with E-state index in [1.165, 1.54) is 126 Å². The van der Waals surface area contributed by atoms with Gasteiger partial charge in [-0.25, -0.2) is 0 Å². The van der Waals surface area contributed by atoms with Crippen molar-refractivity contribution in [2.75, 3.05) is 5.75 Å². The van der Waals surface area contributed by atoms with E-state index in [9.17, 15) is 0 Å². The summed E-state index contributed by atoms with van der Waals surface area (Å²) in [5, 5.41) is 0. The monoisotopic (exact) mass is 672 g/mol. The summed E-state index contributed by atoms with van der Waals surface area (Å²) in [4.78, 5) is 1.37. The molecule has 1 heteroatoms. The molecule has 0 aromatic heterocycles. The highest BCUT2D eigenvalue weighted by molar-refractivity contribution is 8.03. The Balaban J connectivity index is 1.19. The molecule has 0 fully saturated rings. The van der Waals surface area contributed by atoms with Crippen LogP contribution in [-0.2, 0) is 19.3 Å². The summed E-state index contributed by atoms with van der Waals surface area (Å²) in [6.45, 7) is 27.7. The molecule has 0 aliphatic heterocycles. The second kappa shape index (κ2) is 22.4. The van der Waals surface area contributed by atoms with Crippen LogP contribution in [0.2, 0.25) is 0 Å². The normalized spacial score (nSPS) is 11.7. The van der Waals surface area contributed by atoms with Gasteiger partial charge in [-0.3, -0.25) is 0 Å². The quantitative estimate of drug-likeness (QED) is 0.0637. The van der Waals surface area contributed by atoms with Crippen LogP contribution in [0.25, 0.3) is 11.1 Å². The van der Waals surface area contributed by atoms with Gasteiger partial charge in [-0.15, -0.1) is 11.8 Å². The molecule has 0 aliphatic rings. The Morgan fingerprint density at radius 2 is 1.08 bits per heavy atom. The van der Waals surface area contributed by atoms with E-state index in [1.807, 2.05) is 11.8 Å². The predicted octanol–water partition coefficient (Wildman–Crippen LogP) is 14.7. The average molecular weight is 673 g/mol. The number of rotatable bonds is 25. The van der Waals surface area contributed by atoms with E-state index in [4.69, 9.17) is 0 Å². The van der Waals surface area contributed by atoms with Gasteiger partial charge in [0.1, 0.15) is 0 Å². The molecule has 0 aliphatic carbocycles. The molecule has 0 heterocycles. The van der Waals surface area contributed by atoms with Crippen molar-refractivity contribution in [3.8, 4) is 0 Å². The van der Waals surface area contributed by atoms with Crippen LogP contribution in [0.5, 0.6) is 0 Å². The maximum absolute atomic E-state index is 4.41. The first-order valence-corrected chi connectivity index (χ1v) is 19.8. The number of hydrogen-bond donors (Lipinski definition) is 0. The second-order valence-electron chi connectivity index (χ2n) is 14.5. The maximum atomic E-state index is 4.41. The van der Waals surface area contributed by atoms with Crippen LogP contribution in [0.3, 0.4) is 0 Å². The van der Waals surface area contributed by atoms with Crippen molar-refractivity contribution in [3.63, 3.8) is 0 Å². The molecule has 0 bridgehead atoms. The zero-order valence-corrected chi connectivity index (χ0v) is 32.1. The second-order valence-corrected chi connectivity index (χ2v) is 15.8. The minimum absolute atomic E-state index is 0.700. The van der Waals surface area contributed by atoms with Gasteiger partial charge in [-0.1, -0.05) is 174 Å². The highest BCUT2D eigenvalue weighted by atomic mass is 32.2. The van der Waals surface area contributed by atoms with Crippen LogP contribution in [0.4, 0.5) is 0 Å². The van der Waals surface area contributed by atoms with Gasteiger partial charge in [-0.05, 0) is 121 Å². The van der Waals surface area contributed by atoms with Crippen molar-refractivity contribution < 1.29 is 0 Å². The average Bonchev–Trinajstić information content (AvgIpc) is 3.08. The Hall–Kier alpha value is -3.29. The molecule has 3 rings (SSSR count). The number of unbranched alkanes of at least 4 members (excludes halogenated alkanes) is 7. The summed E-state index contributed by atoms with van der Waals surface area (Å²) in [5.41, 5.74) is 12.5. The summed E-state index contributed by atoms with van der Waals surface area (Å²) in [5.74, 6) is 1.93. The molecule has 0 saturated carbocycles. The molecule has 0 spiro atoms. The predicted molar refractivity (Wildman–Crippen MR) is 223 cm³/mol. The van der Waals surface area contributed by atoms with E-state index in [0.29, 0.717) is 5.92 Å². The molecule has 3 aromatic carbocycles. The van der Waals surface area contributed by atoms with Crippen LogP contribution < -0.4 is 0 Å². The van der Waals surface area contributed by atoms with E-state index in [0.717, 1.165) is 36.8 Å². The Bertz CT molecular complexity index is 1470. The highest BCUT2D eigenvalue weighted by Gasteiger charge is 2.07. The summed E-state index contributed by atoms with van der Waals surface area (Å²) in [7, 11) is 0. The molecule has 1 unspecified atom stereocenters. The van der Waals surface area contributed by atoms with Crippen molar-refractivity contribution in [2.45, 2.75) is 117 Å². The number of aryl methyl sites for hydroxylation is 2. The lowest BCUT2D eigenvalue weighted by atomic mass is 9.93. The zero-order valence-electron chi connectivity index (χ0n) is 31.3. The molecular formula is C48H64S. The van der Waals surface area contributed by atoms with Gasteiger partial charge in [0.25, 0.3) is 0 Å². The molecule has 49 heavy (non-hydrogen) atoms. The fourth-order valence-electron chi connectivity index (χ4n) is 6.28. The van der Waals surface area contributed by atoms with Gasteiger partial charge >= 0.3 is 0 Å². The third-order valence-corrected chi connectivity index (χ3v) is 10.8. The van der Waals surface area contributed by atoms with E-state index in [-0.39, 0.29) is 0 Å². The Kier molecular flexibility index (Phi) is 18.4. The number of allylic oxidation sites excluding steroid dienone is 5. The molecule has 262 valence electrons. The van der Waals surface area contributed by atoms with Crippen LogP contribution in [0.15, 0.2) is 122 Å². The maximum Gasteiger partial charge on any atom is -0.00234 e. The van der Waals surface area contributed by atoms with Gasteiger partial charge in [-0.2, -0.15) is 0 Å². The molecular weight excluding hydrogens is 609 g/mol. The lowest BCUT2D eigenvalue weighted by Gasteiger charge is -2.13. The minimum Gasteiger partial charge on any atom is -0.131 e. The van der Waals surface area contributed by atoms with Crippen molar-refractivity contribution >= 4 is 22.9 Å². The SMILES string of the molecule is C=C(CCCCC(C)CC(=C)C(=C)C)SCCCCCCCCCc1ccc(C(=C)Cc2ccc(CC(=C)c3ccc(C)cc3)cc2)cc1. The highest BCUT2D eigenvalue weighted by Crippen LogP contribution is 2.26. The molecule has 0 amide bonds. The standard InChI is InChI=1S/C48H64S/c1-37(2)40(5)34-39(4)18-15-16-19-43(8)49-33-17-13-11-9-10-12-14-20-44-27-31-48(32-28-44)42(7)36-46-25-23-45(24-26-46)35-41(6)47-29-21-38(3)22-30-47/h21-32,39H,1,5-20,33-36H2,2-4H3. The third kappa shape index (κ3) is 16.3. The molecule has 3 aromatic rings. The molecule has 0 nitrogen and oxygen atoms in total. The van der Waals surface area contributed by atoms with Gasteiger partial charge in [0, 0.05) is 0 Å². The third-order valence-electron chi connectivity index (χ3n) is 9.70. The molecule has 1 atom stereocenters. The summed E-state index contributed by atoms with van der Waals surface area (Å²) in [6.07, 6.45) is 18.3. The number of benzene rings is 3. The fourth-order valence-corrected chi connectivity index (χ4v) is 7.21. The lowest BCUT2D eigenvalue weighted by Crippen LogP contribution is -1.97. The van der Waals surface area contributed by atoms with Crippen LogP contribution >= 0.6 is 11.8 Å². The van der Waals surface area contributed by atoms with Gasteiger partial charge < -0.3 is 0 Å². The van der Waals surface area contributed by atoms with Crippen molar-refractivity contribution in [1.29, 1.82) is 0 Å². The zero-order chi connectivity index (χ0) is 35.4. The van der Waals surface area contributed by atoms with E-state index in [1.54, 1.807) is 0 Å².